The molecule has 1 N–H and O–H groups in total. The Morgan fingerprint density at radius 3 is 2.33 bits per heavy atom. The van der Waals surface area contributed by atoms with Crippen LogP contribution in [0.1, 0.15) is 40.5 Å². The van der Waals surface area contributed by atoms with Gasteiger partial charge in [-0.15, -0.1) is 0 Å². The highest BCUT2D eigenvalue weighted by Crippen LogP contribution is 2.34. The molecule has 1 fully saturated rings. The molecule has 0 aromatic carbocycles. The molecule has 1 aliphatic rings. The molecule has 0 unspecified atom stereocenters. The van der Waals surface area contributed by atoms with Crippen LogP contribution in [0.4, 0.5) is 0 Å². The van der Waals surface area contributed by atoms with Gasteiger partial charge < -0.3 is 4.74 Å². The second-order valence-electron chi connectivity index (χ2n) is 5.43. The number of nitrogens with one attached hydrogen (secondary N) is 1. The highest BCUT2D eigenvalue weighted by atomic mass is 16.5. The third-order valence-electron chi connectivity index (χ3n) is 3.38. The molecule has 3 nitrogen and oxygen atoms in total. The zero-order valence-corrected chi connectivity index (χ0v) is 10.5. The molecular formula is C12H23NO2. The van der Waals surface area contributed by atoms with E-state index in [4.69, 9.17) is 4.74 Å². The predicted octanol–water partition coefficient (Wildman–Crippen LogP) is 1.96. The lowest BCUT2D eigenvalue weighted by molar-refractivity contribution is -0.148. The molecule has 0 atom stereocenters. The van der Waals surface area contributed by atoms with Crippen molar-refractivity contribution in [3.63, 3.8) is 0 Å². The Bertz CT molecular complexity index is 230. The average molecular weight is 213 g/mol. The standard InChI is InChI=1S/C12H23NO2/c1-8(2)9-6-10(7-9)13-12(3,4)11(14)15-5/h8-10,13H,6-7H2,1-5H3. The van der Waals surface area contributed by atoms with Gasteiger partial charge >= 0.3 is 5.97 Å². The highest BCUT2D eigenvalue weighted by Gasteiger charge is 2.37. The van der Waals surface area contributed by atoms with E-state index in [0.29, 0.717) is 6.04 Å². The van der Waals surface area contributed by atoms with Crippen LogP contribution in [-0.2, 0) is 9.53 Å². The Kier molecular flexibility index (Phi) is 3.77. The molecule has 88 valence electrons. The molecule has 1 saturated carbocycles. The van der Waals surface area contributed by atoms with Gasteiger partial charge in [0.15, 0.2) is 0 Å². The zero-order valence-electron chi connectivity index (χ0n) is 10.5. The number of esters is 1. The molecule has 3 heteroatoms. The van der Waals surface area contributed by atoms with Crippen molar-refractivity contribution in [3.05, 3.63) is 0 Å². The summed E-state index contributed by atoms with van der Waals surface area (Å²) in [6.45, 7) is 8.27. The first-order chi connectivity index (χ1) is 6.86. The molecule has 0 heterocycles. The molecule has 0 spiro atoms. The Morgan fingerprint density at radius 2 is 1.93 bits per heavy atom. The van der Waals surface area contributed by atoms with Crippen LogP contribution in [0.2, 0.25) is 0 Å². The SMILES string of the molecule is COC(=O)C(C)(C)NC1CC(C(C)C)C1. The summed E-state index contributed by atoms with van der Waals surface area (Å²) in [4.78, 5) is 11.4. The molecule has 0 bridgehead atoms. The third-order valence-corrected chi connectivity index (χ3v) is 3.38. The number of rotatable bonds is 4. The van der Waals surface area contributed by atoms with E-state index in [2.05, 4.69) is 19.2 Å². The molecule has 0 saturated heterocycles. The maximum atomic E-state index is 11.4. The fraction of sp³-hybridized carbons (Fsp3) is 0.917. The lowest BCUT2D eigenvalue weighted by Crippen LogP contribution is -2.56. The van der Waals surface area contributed by atoms with Crippen molar-refractivity contribution in [2.24, 2.45) is 11.8 Å². The van der Waals surface area contributed by atoms with Crippen molar-refractivity contribution in [2.45, 2.75) is 52.1 Å². The molecule has 1 rings (SSSR count). The first-order valence-electron chi connectivity index (χ1n) is 5.73. The summed E-state index contributed by atoms with van der Waals surface area (Å²) in [6.07, 6.45) is 2.36. The van der Waals surface area contributed by atoms with E-state index in [9.17, 15) is 4.79 Å². The molecule has 15 heavy (non-hydrogen) atoms. The van der Waals surface area contributed by atoms with Gasteiger partial charge in [-0.05, 0) is 38.5 Å². The van der Waals surface area contributed by atoms with Gasteiger partial charge in [-0.1, -0.05) is 13.8 Å². The summed E-state index contributed by atoms with van der Waals surface area (Å²) in [6, 6.07) is 0.478. The van der Waals surface area contributed by atoms with Crippen LogP contribution in [0.25, 0.3) is 0 Å². The third kappa shape index (κ3) is 2.94. The van der Waals surface area contributed by atoms with Gasteiger partial charge in [-0.25, -0.2) is 0 Å². The minimum Gasteiger partial charge on any atom is -0.468 e. The molecule has 0 radical (unpaired) electrons. The molecule has 1 aliphatic carbocycles. The van der Waals surface area contributed by atoms with Crippen molar-refractivity contribution >= 4 is 5.97 Å². The smallest absolute Gasteiger partial charge is 0.325 e. The van der Waals surface area contributed by atoms with Gasteiger partial charge in [-0.2, -0.15) is 0 Å². The van der Waals surface area contributed by atoms with Gasteiger partial charge in [0.2, 0.25) is 0 Å². The van der Waals surface area contributed by atoms with Crippen LogP contribution in [0.5, 0.6) is 0 Å². The Balaban J connectivity index is 2.35. The normalized spacial score (nSPS) is 26.3. The minimum absolute atomic E-state index is 0.185. The van der Waals surface area contributed by atoms with E-state index in [0.717, 1.165) is 11.8 Å². The van der Waals surface area contributed by atoms with Crippen molar-refractivity contribution < 1.29 is 9.53 Å². The lowest BCUT2D eigenvalue weighted by Gasteiger charge is -2.42. The van der Waals surface area contributed by atoms with Crippen LogP contribution >= 0.6 is 0 Å². The Labute approximate surface area is 92.6 Å². The molecule has 0 aromatic rings. The average Bonchev–Trinajstić information content (AvgIpc) is 2.08. The van der Waals surface area contributed by atoms with Gasteiger partial charge in [0, 0.05) is 6.04 Å². The monoisotopic (exact) mass is 213 g/mol. The van der Waals surface area contributed by atoms with Crippen LogP contribution < -0.4 is 5.32 Å². The van der Waals surface area contributed by atoms with Crippen LogP contribution in [0.3, 0.4) is 0 Å². The van der Waals surface area contributed by atoms with Crippen LogP contribution in [-0.4, -0.2) is 24.7 Å². The van der Waals surface area contributed by atoms with Crippen molar-refractivity contribution in [1.29, 1.82) is 0 Å². The number of carbonyl (C=O) groups excluding carboxylic acids is 1. The zero-order chi connectivity index (χ0) is 11.6. The first-order valence-corrected chi connectivity index (χ1v) is 5.73. The number of hydrogen-bond donors (Lipinski definition) is 1. The van der Waals surface area contributed by atoms with Gasteiger partial charge in [0.25, 0.3) is 0 Å². The van der Waals surface area contributed by atoms with Crippen molar-refractivity contribution in [1.82, 2.24) is 5.32 Å². The largest absolute Gasteiger partial charge is 0.468 e. The second-order valence-corrected chi connectivity index (χ2v) is 5.43. The predicted molar refractivity (Wildman–Crippen MR) is 60.6 cm³/mol. The van der Waals surface area contributed by atoms with Crippen LogP contribution in [0, 0.1) is 11.8 Å². The summed E-state index contributed by atoms with van der Waals surface area (Å²) in [5.74, 6) is 1.38. The summed E-state index contributed by atoms with van der Waals surface area (Å²) < 4.78 is 4.76. The van der Waals surface area contributed by atoms with Crippen molar-refractivity contribution in [3.8, 4) is 0 Å². The summed E-state index contributed by atoms with van der Waals surface area (Å²) in [5, 5.41) is 3.35. The molecule has 0 aliphatic heterocycles. The first kappa shape index (κ1) is 12.5. The summed E-state index contributed by atoms with van der Waals surface area (Å²) in [7, 11) is 1.43. The quantitative estimate of drug-likeness (QED) is 0.725. The van der Waals surface area contributed by atoms with Gasteiger partial charge in [0.1, 0.15) is 5.54 Å². The number of methoxy groups -OCH3 is 1. The maximum Gasteiger partial charge on any atom is 0.325 e. The van der Waals surface area contributed by atoms with Crippen molar-refractivity contribution in [2.75, 3.05) is 7.11 Å². The van der Waals surface area contributed by atoms with E-state index >= 15 is 0 Å². The molecular weight excluding hydrogens is 190 g/mol. The Morgan fingerprint density at radius 1 is 1.40 bits per heavy atom. The number of carbonyl (C=O) groups is 1. The summed E-state index contributed by atoms with van der Waals surface area (Å²) >= 11 is 0. The fourth-order valence-corrected chi connectivity index (χ4v) is 2.15. The summed E-state index contributed by atoms with van der Waals surface area (Å²) in [5.41, 5.74) is -0.554. The highest BCUT2D eigenvalue weighted by molar-refractivity contribution is 5.79. The lowest BCUT2D eigenvalue weighted by atomic mass is 9.73. The number of hydrogen-bond acceptors (Lipinski definition) is 3. The fourth-order valence-electron chi connectivity index (χ4n) is 2.15. The van der Waals surface area contributed by atoms with E-state index in [1.165, 1.54) is 20.0 Å². The number of ether oxygens (including phenoxy) is 1. The van der Waals surface area contributed by atoms with Gasteiger partial charge in [-0.3, -0.25) is 10.1 Å². The van der Waals surface area contributed by atoms with E-state index in [1.54, 1.807) is 0 Å². The molecule has 0 amide bonds. The minimum atomic E-state index is -0.554. The van der Waals surface area contributed by atoms with E-state index in [1.807, 2.05) is 13.8 Å². The van der Waals surface area contributed by atoms with Gasteiger partial charge in [0.05, 0.1) is 7.11 Å². The van der Waals surface area contributed by atoms with E-state index in [-0.39, 0.29) is 5.97 Å². The second kappa shape index (κ2) is 4.52. The van der Waals surface area contributed by atoms with E-state index < -0.39 is 5.54 Å². The van der Waals surface area contributed by atoms with Crippen LogP contribution in [0.15, 0.2) is 0 Å². The topological polar surface area (TPSA) is 38.3 Å². The Hall–Kier alpha value is -0.570. The maximum absolute atomic E-state index is 11.4. The molecule has 0 aromatic heterocycles.